The summed E-state index contributed by atoms with van der Waals surface area (Å²) in [6.45, 7) is 2.36. The van der Waals surface area contributed by atoms with Gasteiger partial charge in [-0.1, -0.05) is 24.3 Å². The molecule has 8 heteroatoms. The summed E-state index contributed by atoms with van der Waals surface area (Å²) >= 11 is 0. The Bertz CT molecular complexity index is 1010. The molecule has 0 radical (unpaired) electrons. The van der Waals surface area contributed by atoms with E-state index in [-0.39, 0.29) is 41.4 Å². The molecule has 30 heavy (non-hydrogen) atoms. The van der Waals surface area contributed by atoms with Crippen LogP contribution in [0.1, 0.15) is 35.7 Å². The predicted molar refractivity (Wildman–Crippen MR) is 111 cm³/mol. The zero-order valence-electron chi connectivity index (χ0n) is 16.8. The van der Waals surface area contributed by atoms with Gasteiger partial charge in [0.2, 0.25) is 15.9 Å². The number of hydrogen-bond acceptors (Lipinski definition) is 4. The molecule has 1 aliphatic heterocycles. The molecule has 1 saturated heterocycles. The lowest BCUT2D eigenvalue weighted by molar-refractivity contribution is -0.126. The second kappa shape index (κ2) is 9.49. The van der Waals surface area contributed by atoms with Gasteiger partial charge in [0.25, 0.3) is 0 Å². The highest BCUT2D eigenvalue weighted by Crippen LogP contribution is 2.24. The zero-order chi connectivity index (χ0) is 21.7. The molecule has 1 heterocycles. The van der Waals surface area contributed by atoms with Crippen molar-refractivity contribution in [2.75, 3.05) is 19.6 Å². The number of hydrogen-bond donors (Lipinski definition) is 1. The summed E-state index contributed by atoms with van der Waals surface area (Å²) in [5, 5.41) is 2.86. The number of benzene rings is 2. The fraction of sp³-hybridized carbons (Fsp3) is 0.364. The van der Waals surface area contributed by atoms with Gasteiger partial charge in [-0.2, -0.15) is 4.31 Å². The van der Waals surface area contributed by atoms with E-state index in [1.54, 1.807) is 6.07 Å². The third kappa shape index (κ3) is 5.31. The third-order valence-electron chi connectivity index (χ3n) is 5.33. The van der Waals surface area contributed by atoms with Gasteiger partial charge in [-0.25, -0.2) is 12.8 Å². The molecule has 0 aliphatic carbocycles. The van der Waals surface area contributed by atoms with E-state index in [1.807, 2.05) is 6.07 Å². The number of ketones is 1. The van der Waals surface area contributed by atoms with Crippen molar-refractivity contribution < 1.29 is 22.4 Å². The first kappa shape index (κ1) is 22.1. The van der Waals surface area contributed by atoms with Gasteiger partial charge in [0.15, 0.2) is 5.78 Å². The minimum Gasteiger partial charge on any atom is -0.356 e. The van der Waals surface area contributed by atoms with Crippen LogP contribution in [0.25, 0.3) is 0 Å². The first-order valence-electron chi connectivity index (χ1n) is 9.90. The molecule has 0 spiro atoms. The molecule has 0 bridgehead atoms. The highest BCUT2D eigenvalue weighted by Gasteiger charge is 2.32. The molecule has 0 aromatic heterocycles. The largest absolute Gasteiger partial charge is 0.356 e. The first-order valence-corrected chi connectivity index (χ1v) is 11.3. The van der Waals surface area contributed by atoms with Gasteiger partial charge in [-0.15, -0.1) is 0 Å². The Hall–Kier alpha value is -2.58. The summed E-state index contributed by atoms with van der Waals surface area (Å²) < 4.78 is 40.2. The van der Waals surface area contributed by atoms with Crippen LogP contribution < -0.4 is 5.32 Å². The number of sulfonamides is 1. The van der Waals surface area contributed by atoms with Crippen molar-refractivity contribution in [3.63, 3.8) is 0 Å². The summed E-state index contributed by atoms with van der Waals surface area (Å²) in [5.74, 6) is -0.773. The maximum absolute atomic E-state index is 13.2. The van der Waals surface area contributed by atoms with Crippen molar-refractivity contribution in [2.45, 2.75) is 31.1 Å². The Labute approximate surface area is 176 Å². The standard InChI is InChI=1S/C22H25FN2O4S/c1-16(26)18-5-7-21(8-6-18)30(28,29)25-13-10-19(11-14-25)22(27)24-12-9-17-3-2-4-20(23)15-17/h2-8,15,19H,9-14H2,1H3,(H,24,27). The minimum atomic E-state index is -3.66. The molecule has 1 amide bonds. The number of carbonyl (C=O) groups excluding carboxylic acids is 2. The van der Waals surface area contributed by atoms with Crippen LogP contribution in [-0.4, -0.2) is 44.0 Å². The topological polar surface area (TPSA) is 83.6 Å². The average molecular weight is 433 g/mol. The number of Topliss-reactive ketones (excluding diaryl/α,β-unsaturated/α-hetero) is 1. The van der Waals surface area contributed by atoms with Crippen LogP contribution >= 0.6 is 0 Å². The number of rotatable bonds is 7. The van der Waals surface area contributed by atoms with Gasteiger partial charge in [-0.3, -0.25) is 9.59 Å². The Kier molecular flexibility index (Phi) is 6.99. The predicted octanol–water partition coefficient (Wildman–Crippen LogP) is 2.79. The summed E-state index contributed by atoms with van der Waals surface area (Å²) in [5.41, 5.74) is 1.27. The zero-order valence-corrected chi connectivity index (χ0v) is 17.6. The van der Waals surface area contributed by atoms with Crippen LogP contribution in [0, 0.1) is 11.7 Å². The molecule has 1 fully saturated rings. The summed E-state index contributed by atoms with van der Waals surface area (Å²) in [7, 11) is -3.66. The van der Waals surface area contributed by atoms with Gasteiger partial charge in [-0.05, 0) is 56.0 Å². The van der Waals surface area contributed by atoms with E-state index < -0.39 is 10.0 Å². The lowest BCUT2D eigenvalue weighted by Gasteiger charge is -2.30. The molecule has 0 saturated carbocycles. The molecule has 2 aromatic carbocycles. The fourth-order valence-electron chi connectivity index (χ4n) is 3.54. The molecule has 3 rings (SSSR count). The van der Waals surface area contributed by atoms with Crippen LogP contribution in [0.15, 0.2) is 53.4 Å². The molecule has 1 N–H and O–H groups in total. The van der Waals surface area contributed by atoms with Crippen molar-refractivity contribution in [1.82, 2.24) is 9.62 Å². The number of nitrogens with zero attached hydrogens (tertiary/aromatic N) is 1. The van der Waals surface area contributed by atoms with Crippen LogP contribution in [0.3, 0.4) is 0 Å². The highest BCUT2D eigenvalue weighted by molar-refractivity contribution is 7.89. The summed E-state index contributed by atoms with van der Waals surface area (Å²) in [4.78, 5) is 23.9. The molecule has 2 aromatic rings. The van der Waals surface area contributed by atoms with Crippen molar-refractivity contribution >= 4 is 21.7 Å². The van der Waals surface area contributed by atoms with Gasteiger partial charge < -0.3 is 5.32 Å². The Balaban J connectivity index is 1.50. The smallest absolute Gasteiger partial charge is 0.243 e. The van der Waals surface area contributed by atoms with E-state index >= 15 is 0 Å². The number of carbonyl (C=O) groups is 2. The SMILES string of the molecule is CC(=O)c1ccc(S(=O)(=O)N2CCC(C(=O)NCCc3cccc(F)c3)CC2)cc1. The van der Waals surface area contributed by atoms with E-state index in [2.05, 4.69) is 5.32 Å². The first-order chi connectivity index (χ1) is 14.3. The maximum atomic E-state index is 13.2. The monoisotopic (exact) mass is 432 g/mol. The molecule has 6 nitrogen and oxygen atoms in total. The minimum absolute atomic E-state index is 0.103. The molecule has 1 aliphatic rings. The molecule has 0 atom stereocenters. The molecule has 160 valence electrons. The third-order valence-corrected chi connectivity index (χ3v) is 7.24. The Morgan fingerprint density at radius 1 is 1.10 bits per heavy atom. The Morgan fingerprint density at radius 3 is 2.37 bits per heavy atom. The van der Waals surface area contributed by atoms with Crippen molar-refractivity contribution in [1.29, 1.82) is 0 Å². The van der Waals surface area contributed by atoms with E-state index in [0.29, 0.717) is 31.4 Å². The fourth-order valence-corrected chi connectivity index (χ4v) is 5.01. The number of nitrogens with one attached hydrogen (secondary N) is 1. The summed E-state index contributed by atoms with van der Waals surface area (Å²) in [6.07, 6.45) is 1.42. The highest BCUT2D eigenvalue weighted by atomic mass is 32.2. The van der Waals surface area contributed by atoms with Crippen molar-refractivity contribution in [3.8, 4) is 0 Å². The van der Waals surface area contributed by atoms with E-state index in [4.69, 9.17) is 0 Å². The van der Waals surface area contributed by atoms with Gasteiger partial charge in [0.1, 0.15) is 5.82 Å². The van der Waals surface area contributed by atoms with Crippen molar-refractivity contribution in [3.05, 3.63) is 65.5 Å². The normalized spacial score (nSPS) is 15.7. The van der Waals surface area contributed by atoms with Gasteiger partial charge in [0, 0.05) is 31.1 Å². The molecular weight excluding hydrogens is 407 g/mol. The molecule has 0 unspecified atom stereocenters. The van der Waals surface area contributed by atoms with Crippen LogP contribution in [0.2, 0.25) is 0 Å². The number of halogens is 1. The Morgan fingerprint density at radius 2 is 1.77 bits per heavy atom. The van der Waals surface area contributed by atoms with E-state index in [1.165, 1.54) is 47.6 Å². The van der Waals surface area contributed by atoms with E-state index in [0.717, 1.165) is 5.56 Å². The van der Waals surface area contributed by atoms with Gasteiger partial charge >= 0.3 is 0 Å². The van der Waals surface area contributed by atoms with Crippen molar-refractivity contribution in [2.24, 2.45) is 5.92 Å². The second-order valence-corrected chi connectivity index (χ2v) is 9.37. The summed E-state index contributed by atoms with van der Waals surface area (Å²) in [6, 6.07) is 12.2. The van der Waals surface area contributed by atoms with E-state index in [9.17, 15) is 22.4 Å². The van der Waals surface area contributed by atoms with Gasteiger partial charge in [0.05, 0.1) is 4.90 Å². The van der Waals surface area contributed by atoms with Crippen LogP contribution in [0.4, 0.5) is 4.39 Å². The second-order valence-electron chi connectivity index (χ2n) is 7.43. The average Bonchev–Trinajstić information content (AvgIpc) is 2.74. The van der Waals surface area contributed by atoms with Crippen LogP contribution in [-0.2, 0) is 21.2 Å². The molecular formula is C22H25FN2O4S. The lowest BCUT2D eigenvalue weighted by atomic mass is 9.97. The number of amides is 1. The quantitative estimate of drug-likeness (QED) is 0.682. The van der Waals surface area contributed by atoms with Crippen LogP contribution in [0.5, 0.6) is 0 Å². The maximum Gasteiger partial charge on any atom is 0.243 e. The lowest BCUT2D eigenvalue weighted by Crippen LogP contribution is -2.43. The number of piperidine rings is 1.